The van der Waals surface area contributed by atoms with Gasteiger partial charge in [0, 0.05) is 37.8 Å². The van der Waals surface area contributed by atoms with Crippen LogP contribution in [0.1, 0.15) is 16.1 Å². The van der Waals surface area contributed by atoms with Crippen molar-refractivity contribution >= 4 is 5.91 Å². The van der Waals surface area contributed by atoms with E-state index in [9.17, 15) is 18.0 Å². The van der Waals surface area contributed by atoms with Gasteiger partial charge in [-0.25, -0.2) is 0 Å². The van der Waals surface area contributed by atoms with Crippen LogP contribution in [-0.2, 0) is 6.54 Å². The molecule has 0 radical (unpaired) electrons. The van der Waals surface area contributed by atoms with E-state index in [-0.39, 0.29) is 5.56 Å². The maximum absolute atomic E-state index is 12.3. The van der Waals surface area contributed by atoms with Crippen LogP contribution < -0.4 is 10.1 Å². The number of carbonyl (C=O) groups is 1. The first kappa shape index (κ1) is 17.8. The van der Waals surface area contributed by atoms with Gasteiger partial charge >= 0.3 is 6.36 Å². The van der Waals surface area contributed by atoms with Crippen molar-refractivity contribution in [3.8, 4) is 5.75 Å². The van der Waals surface area contributed by atoms with Gasteiger partial charge in [-0.2, -0.15) is 0 Å². The molecule has 1 amide bonds. The highest BCUT2D eigenvalue weighted by Crippen LogP contribution is 2.51. The second-order valence-corrected chi connectivity index (χ2v) is 6.96. The number of hydrogen-bond acceptors (Lipinski definition) is 5. The van der Waals surface area contributed by atoms with Gasteiger partial charge in [0.15, 0.2) is 0 Å². The number of likely N-dealkylation sites (tertiary alicyclic amines) is 1. The minimum atomic E-state index is -4.78. The molecule has 2 atom stereocenters. The molecule has 2 heterocycles. The van der Waals surface area contributed by atoms with Crippen LogP contribution in [0.4, 0.5) is 13.2 Å². The number of nitrogens with zero attached hydrogens (tertiary/aromatic N) is 2. The monoisotopic (exact) mass is 381 g/mol. The summed E-state index contributed by atoms with van der Waals surface area (Å²) in [7, 11) is 0. The minimum Gasteiger partial charge on any atom is -0.406 e. The molecule has 1 aliphatic carbocycles. The Labute approximate surface area is 153 Å². The molecule has 144 valence electrons. The van der Waals surface area contributed by atoms with Crippen LogP contribution in [0, 0.1) is 17.8 Å². The van der Waals surface area contributed by atoms with Gasteiger partial charge in [0.05, 0.1) is 5.69 Å². The van der Waals surface area contributed by atoms with Crippen LogP contribution in [0.5, 0.6) is 5.75 Å². The topological polar surface area (TPSA) is 67.6 Å². The van der Waals surface area contributed by atoms with Crippen molar-refractivity contribution in [3.63, 3.8) is 0 Å². The zero-order valence-electron chi connectivity index (χ0n) is 14.3. The van der Waals surface area contributed by atoms with Crippen LogP contribution >= 0.6 is 0 Å². The molecular weight excluding hydrogens is 363 g/mol. The minimum absolute atomic E-state index is 0.148. The SMILES string of the molecule is O=C(NCC1C2CN(Cc3ccon3)CC12)c1cccc(OC(F)(F)F)c1. The smallest absolute Gasteiger partial charge is 0.406 e. The van der Waals surface area contributed by atoms with Crippen LogP contribution in [0.15, 0.2) is 41.1 Å². The van der Waals surface area contributed by atoms with E-state index in [0.717, 1.165) is 31.4 Å². The first-order valence-electron chi connectivity index (χ1n) is 8.65. The summed E-state index contributed by atoms with van der Waals surface area (Å²) in [5.74, 6) is 0.695. The molecule has 0 spiro atoms. The second-order valence-electron chi connectivity index (χ2n) is 6.96. The summed E-state index contributed by atoms with van der Waals surface area (Å²) in [5, 5.41) is 6.73. The molecule has 1 aromatic heterocycles. The van der Waals surface area contributed by atoms with Crippen LogP contribution in [0.3, 0.4) is 0 Å². The summed E-state index contributed by atoms with van der Waals surface area (Å²) in [6, 6.07) is 6.93. The Kier molecular flexibility index (Phi) is 4.55. The quantitative estimate of drug-likeness (QED) is 0.833. The number of aromatic nitrogens is 1. The summed E-state index contributed by atoms with van der Waals surface area (Å²) in [6.07, 6.45) is -3.22. The van der Waals surface area contributed by atoms with Crippen LogP contribution in [0.2, 0.25) is 0 Å². The Morgan fingerprint density at radius 2 is 2.07 bits per heavy atom. The summed E-state index contributed by atoms with van der Waals surface area (Å²) in [6.45, 7) is 3.19. The highest BCUT2D eigenvalue weighted by molar-refractivity contribution is 5.94. The van der Waals surface area contributed by atoms with Crippen molar-refractivity contribution in [3.05, 3.63) is 47.9 Å². The lowest BCUT2D eigenvalue weighted by Crippen LogP contribution is -2.30. The fraction of sp³-hybridized carbons (Fsp3) is 0.444. The zero-order chi connectivity index (χ0) is 19.0. The Hall–Kier alpha value is -2.55. The van der Waals surface area contributed by atoms with E-state index in [1.165, 1.54) is 18.2 Å². The van der Waals surface area contributed by atoms with Gasteiger partial charge in [0.25, 0.3) is 5.91 Å². The molecule has 1 saturated heterocycles. The van der Waals surface area contributed by atoms with Gasteiger partial charge in [-0.3, -0.25) is 9.69 Å². The summed E-state index contributed by atoms with van der Waals surface area (Å²) in [4.78, 5) is 14.5. The average Bonchev–Trinajstić information content (AvgIpc) is 2.98. The van der Waals surface area contributed by atoms with Crippen LogP contribution in [-0.4, -0.2) is 42.0 Å². The Bertz CT molecular complexity index is 798. The van der Waals surface area contributed by atoms with Gasteiger partial charge in [-0.1, -0.05) is 11.2 Å². The number of piperidine rings is 1. The van der Waals surface area contributed by atoms with Crippen molar-refractivity contribution in [2.45, 2.75) is 12.9 Å². The van der Waals surface area contributed by atoms with E-state index >= 15 is 0 Å². The maximum Gasteiger partial charge on any atom is 0.573 e. The average molecular weight is 381 g/mol. The predicted molar refractivity (Wildman–Crippen MR) is 87.7 cm³/mol. The molecule has 1 aromatic carbocycles. The molecular formula is C18H18F3N3O3. The van der Waals surface area contributed by atoms with E-state index in [0.29, 0.717) is 24.3 Å². The standard InChI is InChI=1S/C18H18F3N3O3/c19-18(20,21)27-13-3-1-2-11(6-13)17(25)22-7-14-15-9-24(10-16(14)15)8-12-4-5-26-23-12/h1-6,14-16H,7-10H2,(H,22,25). The Morgan fingerprint density at radius 3 is 2.74 bits per heavy atom. The maximum atomic E-state index is 12.3. The van der Waals surface area contributed by atoms with Gasteiger partial charge in [-0.15, -0.1) is 13.2 Å². The summed E-state index contributed by atoms with van der Waals surface area (Å²) in [5.41, 5.74) is 1.05. The third-order valence-corrected chi connectivity index (χ3v) is 5.15. The van der Waals surface area contributed by atoms with Crippen LogP contribution in [0.25, 0.3) is 0 Å². The van der Waals surface area contributed by atoms with Crippen molar-refractivity contribution in [1.29, 1.82) is 0 Å². The number of amides is 1. The van der Waals surface area contributed by atoms with E-state index in [4.69, 9.17) is 4.52 Å². The molecule has 1 N–H and O–H groups in total. The number of hydrogen-bond donors (Lipinski definition) is 1. The number of carbonyl (C=O) groups excluding carboxylic acids is 1. The first-order chi connectivity index (χ1) is 12.9. The fourth-order valence-electron chi connectivity index (χ4n) is 3.86. The molecule has 0 bridgehead atoms. The van der Waals surface area contributed by atoms with Crippen molar-refractivity contribution in [2.75, 3.05) is 19.6 Å². The molecule has 2 fully saturated rings. The van der Waals surface area contributed by atoms with Gasteiger partial charge in [-0.05, 0) is 36.0 Å². The number of rotatable bonds is 6. The van der Waals surface area contributed by atoms with Crippen molar-refractivity contribution in [2.24, 2.45) is 17.8 Å². The zero-order valence-corrected chi connectivity index (χ0v) is 14.3. The third-order valence-electron chi connectivity index (χ3n) is 5.15. The highest BCUT2D eigenvalue weighted by Gasteiger charge is 2.55. The largest absolute Gasteiger partial charge is 0.573 e. The van der Waals surface area contributed by atoms with E-state index in [2.05, 4.69) is 20.1 Å². The van der Waals surface area contributed by atoms with Gasteiger partial charge < -0.3 is 14.6 Å². The Morgan fingerprint density at radius 1 is 1.30 bits per heavy atom. The molecule has 1 aliphatic heterocycles. The predicted octanol–water partition coefficient (Wildman–Crippen LogP) is 2.68. The number of fused-ring (bicyclic) bond motifs is 1. The number of benzene rings is 1. The molecule has 27 heavy (non-hydrogen) atoms. The fourth-order valence-corrected chi connectivity index (χ4v) is 3.86. The lowest BCUT2D eigenvalue weighted by molar-refractivity contribution is -0.274. The first-order valence-corrected chi connectivity index (χ1v) is 8.65. The number of nitrogens with one attached hydrogen (secondary N) is 1. The molecule has 1 saturated carbocycles. The molecule has 2 aliphatic rings. The number of halogens is 3. The van der Waals surface area contributed by atoms with Gasteiger partial charge in [0.1, 0.15) is 12.0 Å². The molecule has 9 heteroatoms. The summed E-state index contributed by atoms with van der Waals surface area (Å²) >= 11 is 0. The second kappa shape index (κ2) is 6.88. The van der Waals surface area contributed by atoms with Gasteiger partial charge in [0.2, 0.25) is 0 Å². The normalized spacial score (nSPS) is 24.5. The van der Waals surface area contributed by atoms with Crippen molar-refractivity contribution in [1.82, 2.24) is 15.4 Å². The van der Waals surface area contributed by atoms with E-state index in [1.807, 2.05) is 6.07 Å². The Balaban J connectivity index is 1.24. The molecule has 2 unspecified atom stereocenters. The lowest BCUT2D eigenvalue weighted by atomic mass is 10.2. The lowest BCUT2D eigenvalue weighted by Gasteiger charge is -2.18. The highest BCUT2D eigenvalue weighted by atomic mass is 19.4. The number of alkyl halides is 3. The molecule has 2 aromatic rings. The van der Waals surface area contributed by atoms with Crippen molar-refractivity contribution < 1.29 is 27.2 Å². The van der Waals surface area contributed by atoms with E-state index in [1.54, 1.807) is 6.26 Å². The summed E-state index contributed by atoms with van der Waals surface area (Å²) < 4.78 is 45.5. The molecule has 4 rings (SSSR count). The van der Waals surface area contributed by atoms with E-state index < -0.39 is 18.0 Å². The number of ether oxygens (including phenoxy) is 1. The molecule has 6 nitrogen and oxygen atoms in total. The third kappa shape index (κ3) is 4.24.